The third-order valence-electron chi connectivity index (χ3n) is 20.6. The van der Waals surface area contributed by atoms with Crippen LogP contribution in [0.15, 0.2) is 36.4 Å². The lowest BCUT2D eigenvalue weighted by molar-refractivity contribution is -0.134. The van der Waals surface area contributed by atoms with Gasteiger partial charge in [-0.15, -0.1) is 23.5 Å². The van der Waals surface area contributed by atoms with Crippen molar-refractivity contribution in [3.8, 4) is 0 Å². The van der Waals surface area contributed by atoms with Gasteiger partial charge in [0.1, 0.15) is 17.5 Å². The SMILES string of the molecule is CC(C)(C)[S@](=O)N[C@H](Cc1cc(F)c(F)cc1F)C1C[C@H]2CC[C@@H](C1)N2.CC(C)(C)[S@](=O)N[C@H](Cc1cc(F)c(F)cc1F)C1C[C@H]2CC[C@@H](C1)N2C(=O)CSC1CCCCC1.N[C@H](Cc1cc(F)c(F)cc1F)C1C[C@H]2CC[C@@H](C1)N2C(=O)CSC1CCCCC1. The van der Waals surface area contributed by atoms with Gasteiger partial charge in [0.25, 0.3) is 0 Å². The van der Waals surface area contributed by atoms with E-state index in [0.717, 1.165) is 95.2 Å². The Morgan fingerprint density at radius 1 is 0.467 bits per heavy atom. The number of piperidine rings is 3. The fourth-order valence-electron chi connectivity index (χ4n) is 15.6. The van der Waals surface area contributed by atoms with E-state index in [4.69, 9.17) is 5.73 Å². The highest BCUT2D eigenvalue weighted by molar-refractivity contribution is 8.00. The lowest BCUT2D eigenvalue weighted by Gasteiger charge is -2.42. The van der Waals surface area contributed by atoms with Crippen molar-refractivity contribution >= 4 is 57.3 Å². The van der Waals surface area contributed by atoms with Crippen LogP contribution < -0.4 is 20.5 Å². The van der Waals surface area contributed by atoms with E-state index in [1.165, 1.54) is 64.2 Å². The summed E-state index contributed by atoms with van der Waals surface area (Å²) in [6.45, 7) is 11.2. The van der Waals surface area contributed by atoms with Crippen molar-refractivity contribution in [1.29, 1.82) is 0 Å². The molecule has 5 N–H and O–H groups in total. The lowest BCUT2D eigenvalue weighted by Crippen LogP contribution is -2.53. The Labute approximate surface area is 553 Å². The smallest absolute Gasteiger partial charge is 0.233 e. The van der Waals surface area contributed by atoms with E-state index in [2.05, 4.69) is 24.6 Å². The van der Waals surface area contributed by atoms with E-state index in [0.29, 0.717) is 52.3 Å². The molecule has 514 valence electrons. The molecule has 6 bridgehead atoms. The molecule has 2 aliphatic carbocycles. The summed E-state index contributed by atoms with van der Waals surface area (Å²) in [5.41, 5.74) is 6.70. The van der Waals surface area contributed by atoms with E-state index < -0.39 is 83.8 Å². The van der Waals surface area contributed by atoms with Crippen molar-refractivity contribution < 1.29 is 57.5 Å². The molecule has 10 nitrogen and oxygen atoms in total. The number of hydrogen-bond acceptors (Lipinski definition) is 8. The Kier molecular flexibility index (Phi) is 25.8. The first-order valence-corrected chi connectivity index (χ1v) is 38.1. The maximum absolute atomic E-state index is 14.5. The predicted octanol–water partition coefficient (Wildman–Crippen LogP) is 14.3. The summed E-state index contributed by atoms with van der Waals surface area (Å²) in [6, 6.07) is 5.07. The molecule has 0 aromatic heterocycles. The summed E-state index contributed by atoms with van der Waals surface area (Å²) in [6.07, 6.45) is 24.0. The highest BCUT2D eigenvalue weighted by atomic mass is 32.2. The zero-order chi connectivity index (χ0) is 66.3. The molecule has 6 aliphatic heterocycles. The minimum Gasteiger partial charge on any atom is -0.336 e. The highest BCUT2D eigenvalue weighted by Crippen LogP contribution is 2.44. The van der Waals surface area contributed by atoms with Gasteiger partial charge in [-0.05, 0) is 216 Å². The quantitative estimate of drug-likeness (QED) is 0.0688. The number of nitrogens with one attached hydrogen (secondary N) is 3. The number of thioether (sulfide) groups is 2. The molecule has 8 aliphatic rings. The first kappa shape index (κ1) is 73.1. The van der Waals surface area contributed by atoms with Gasteiger partial charge in [0, 0.05) is 83.1 Å². The summed E-state index contributed by atoms with van der Waals surface area (Å²) in [7, 11) is -2.73. The number of halogens is 9. The summed E-state index contributed by atoms with van der Waals surface area (Å²) in [4.78, 5) is 30.3. The number of carbonyl (C=O) groups excluding carboxylic acids is 2. The van der Waals surface area contributed by atoms with E-state index in [9.17, 15) is 57.5 Å². The topological polar surface area (TPSA) is 137 Å². The number of benzene rings is 3. The van der Waals surface area contributed by atoms with Crippen LogP contribution in [0.2, 0.25) is 0 Å². The van der Waals surface area contributed by atoms with Crippen LogP contribution in [0, 0.1) is 70.1 Å². The molecule has 3 aromatic carbocycles. The maximum atomic E-state index is 14.5. The molecule has 11 rings (SSSR count). The molecule has 6 heterocycles. The van der Waals surface area contributed by atoms with E-state index in [1.54, 1.807) is 11.8 Å². The Morgan fingerprint density at radius 2 is 0.783 bits per heavy atom. The number of rotatable bonds is 19. The van der Waals surface area contributed by atoms with Gasteiger partial charge in [-0.2, -0.15) is 0 Å². The third-order valence-corrected chi connectivity index (χ3v) is 26.6. The maximum Gasteiger partial charge on any atom is 0.233 e. The van der Waals surface area contributed by atoms with Crippen LogP contribution in [-0.2, 0) is 50.8 Å². The second kappa shape index (κ2) is 32.4. The number of hydrogen-bond donors (Lipinski definition) is 4. The second-order valence-electron chi connectivity index (χ2n) is 29.4. The minimum absolute atomic E-state index is 0.0522. The van der Waals surface area contributed by atoms with Crippen LogP contribution in [0.1, 0.15) is 199 Å². The molecular formula is C69H97F9N6O4S4. The van der Waals surface area contributed by atoms with Gasteiger partial charge in [0.15, 0.2) is 34.9 Å². The molecule has 0 spiro atoms. The van der Waals surface area contributed by atoms with Crippen molar-refractivity contribution in [2.75, 3.05) is 11.5 Å². The van der Waals surface area contributed by atoms with Gasteiger partial charge in [-0.25, -0.2) is 57.4 Å². The molecule has 6 saturated heterocycles. The fraction of sp³-hybridized carbons (Fsp3) is 0.710. The average molecular weight is 1370 g/mol. The van der Waals surface area contributed by atoms with Crippen LogP contribution in [0.25, 0.3) is 0 Å². The number of nitrogens with two attached hydrogens (primary N) is 1. The van der Waals surface area contributed by atoms with Crippen molar-refractivity contribution in [2.24, 2.45) is 23.5 Å². The minimum atomic E-state index is -1.41. The Balaban J connectivity index is 0.000000165. The largest absolute Gasteiger partial charge is 0.336 e. The molecule has 3 unspecified atom stereocenters. The molecule has 8 fully saturated rings. The molecular weight excluding hydrogens is 1280 g/mol. The Morgan fingerprint density at radius 3 is 1.13 bits per heavy atom. The molecule has 2 amide bonds. The molecule has 14 atom stereocenters. The molecule has 0 radical (unpaired) electrons. The van der Waals surface area contributed by atoms with E-state index >= 15 is 0 Å². The van der Waals surface area contributed by atoms with Gasteiger partial charge >= 0.3 is 0 Å². The van der Waals surface area contributed by atoms with Gasteiger partial charge < -0.3 is 20.9 Å². The van der Waals surface area contributed by atoms with Crippen molar-refractivity contribution in [3.05, 3.63) is 105 Å². The van der Waals surface area contributed by atoms with E-state index in [-0.39, 0.29) is 108 Å². The molecule has 3 aromatic rings. The zero-order valence-electron chi connectivity index (χ0n) is 54.3. The summed E-state index contributed by atoms with van der Waals surface area (Å²) in [5, 5.41) is 4.77. The first-order chi connectivity index (χ1) is 43.6. The first-order valence-electron chi connectivity index (χ1n) is 33.7. The number of nitrogens with zero attached hydrogens (tertiary/aromatic N) is 2. The van der Waals surface area contributed by atoms with Gasteiger partial charge in [-0.1, -0.05) is 38.5 Å². The van der Waals surface area contributed by atoms with Crippen LogP contribution >= 0.6 is 23.5 Å². The summed E-state index contributed by atoms with van der Waals surface area (Å²) >= 11 is 3.62. The fourth-order valence-corrected chi connectivity index (χ4v) is 19.8. The molecule has 92 heavy (non-hydrogen) atoms. The number of carbonyl (C=O) groups is 2. The lowest BCUT2D eigenvalue weighted by atomic mass is 9.82. The predicted molar refractivity (Wildman–Crippen MR) is 352 cm³/mol. The van der Waals surface area contributed by atoms with Gasteiger partial charge in [-0.3, -0.25) is 9.59 Å². The Bertz CT molecular complexity index is 3020. The van der Waals surface area contributed by atoms with Crippen molar-refractivity contribution in [3.63, 3.8) is 0 Å². The molecule has 23 heteroatoms. The van der Waals surface area contributed by atoms with E-state index in [1.807, 2.05) is 53.3 Å². The second-order valence-corrected chi connectivity index (χ2v) is 36.0. The average Bonchev–Trinajstić information content (AvgIpc) is 2.47. The van der Waals surface area contributed by atoms with Crippen molar-refractivity contribution in [2.45, 2.75) is 276 Å². The summed E-state index contributed by atoms with van der Waals surface area (Å²) in [5.74, 6) is -7.09. The highest BCUT2D eigenvalue weighted by Gasteiger charge is 2.47. The van der Waals surface area contributed by atoms with Crippen LogP contribution in [0.4, 0.5) is 39.5 Å². The normalized spacial score (nSPS) is 27.5. The third kappa shape index (κ3) is 19.3. The van der Waals surface area contributed by atoms with Gasteiger partial charge in [0.2, 0.25) is 11.8 Å². The standard InChI is InChI=1S/C27H39F3N2O2S2.C23H31F3N2OS.C19H27F3N2OS/c1-27(2,3)36(34)31-25(14-17-13-23(29)24(30)15-22(17)28)18-11-19-9-10-20(12-18)32(19)26(33)16-35-21-7-5-4-6-8-21;24-19-12-21(26)20(25)10-14(19)11-22(27)15-8-16-6-7-17(9-15)28(16)23(29)13-30-18-4-2-1-3-5-18;1-19(2,3)26(25)24-18(12-6-13-4-5-14(7-12)23-13)9-11-8-16(21)17(22)10-15(11)20/h13,15,18-21,25,31H,4-12,14,16H2,1-3H3;10,12,15-18,22H,1-9,11,13,27H2;8,10,12-14,18,23-24H,4-7,9H2,1-3H3/t18?,19-,20+,25-,36+;15?,16-,17+,22-;12?,13-,14+,18-,26+/m111/s1. The van der Waals surface area contributed by atoms with Gasteiger partial charge in [0.05, 0.1) is 43.0 Å². The van der Waals surface area contributed by atoms with Crippen molar-refractivity contribution in [1.82, 2.24) is 24.6 Å². The Hall–Kier alpha value is -3.19. The number of fused-ring (bicyclic) bond motifs is 6. The van der Waals surface area contributed by atoms with Crippen LogP contribution in [0.5, 0.6) is 0 Å². The zero-order valence-corrected chi connectivity index (χ0v) is 57.5. The molecule has 2 saturated carbocycles. The van der Waals surface area contributed by atoms with Crippen LogP contribution in [-0.4, -0.2) is 116 Å². The summed E-state index contributed by atoms with van der Waals surface area (Å²) < 4.78 is 155. The van der Waals surface area contributed by atoms with Crippen LogP contribution in [0.3, 0.4) is 0 Å². The number of amides is 2. The monoisotopic (exact) mass is 1370 g/mol.